The van der Waals surface area contributed by atoms with E-state index in [0.29, 0.717) is 6.04 Å². The first kappa shape index (κ1) is 13.4. The normalized spacial score (nSPS) is 25.6. The molecule has 0 aromatic rings. The summed E-state index contributed by atoms with van der Waals surface area (Å²) >= 11 is 0. The van der Waals surface area contributed by atoms with E-state index in [1.54, 1.807) is 7.11 Å². The molecule has 5 nitrogen and oxygen atoms in total. The lowest BCUT2D eigenvalue weighted by Crippen LogP contribution is -2.57. The number of hydrogen-bond donors (Lipinski definition) is 1. The Kier molecular flexibility index (Phi) is 5.18. The first-order valence-corrected chi connectivity index (χ1v) is 5.80. The number of aliphatic carboxylic acids is 1. The van der Waals surface area contributed by atoms with E-state index in [2.05, 4.69) is 18.7 Å². The van der Waals surface area contributed by atoms with Gasteiger partial charge in [-0.3, -0.25) is 14.6 Å². The third kappa shape index (κ3) is 3.17. The quantitative estimate of drug-likeness (QED) is 0.726. The highest BCUT2D eigenvalue weighted by molar-refractivity contribution is 5.73. The first-order valence-electron chi connectivity index (χ1n) is 5.80. The van der Waals surface area contributed by atoms with Gasteiger partial charge in [0, 0.05) is 32.8 Å². The van der Waals surface area contributed by atoms with E-state index in [-0.39, 0.29) is 6.61 Å². The van der Waals surface area contributed by atoms with Gasteiger partial charge < -0.3 is 9.84 Å². The van der Waals surface area contributed by atoms with Gasteiger partial charge in [0.2, 0.25) is 0 Å². The van der Waals surface area contributed by atoms with Crippen molar-refractivity contribution < 1.29 is 14.6 Å². The summed E-state index contributed by atoms with van der Waals surface area (Å²) in [6.45, 7) is 8.10. The second-order valence-electron chi connectivity index (χ2n) is 4.28. The summed E-state index contributed by atoms with van der Waals surface area (Å²) in [7, 11) is 1.54. The van der Waals surface area contributed by atoms with E-state index in [4.69, 9.17) is 9.84 Å². The van der Waals surface area contributed by atoms with Crippen LogP contribution in [0.15, 0.2) is 0 Å². The highest BCUT2D eigenvalue weighted by atomic mass is 16.5. The molecule has 1 fully saturated rings. The Balaban J connectivity index is 2.57. The fraction of sp³-hybridized carbons (Fsp3) is 0.909. The molecule has 0 aliphatic carbocycles. The van der Waals surface area contributed by atoms with Gasteiger partial charge in [-0.15, -0.1) is 0 Å². The van der Waals surface area contributed by atoms with Crippen molar-refractivity contribution in [3.8, 4) is 0 Å². The number of hydrogen-bond acceptors (Lipinski definition) is 4. The number of carboxylic acid groups (broad SMARTS) is 1. The van der Waals surface area contributed by atoms with Crippen LogP contribution in [0.25, 0.3) is 0 Å². The van der Waals surface area contributed by atoms with Gasteiger partial charge in [-0.1, -0.05) is 6.92 Å². The average Bonchev–Trinajstić information content (AvgIpc) is 2.25. The predicted molar refractivity (Wildman–Crippen MR) is 61.6 cm³/mol. The molecule has 0 spiro atoms. The highest BCUT2D eigenvalue weighted by Gasteiger charge is 2.31. The van der Waals surface area contributed by atoms with Crippen LogP contribution in [0.3, 0.4) is 0 Å². The van der Waals surface area contributed by atoms with Crippen molar-refractivity contribution in [2.75, 3.05) is 39.9 Å². The summed E-state index contributed by atoms with van der Waals surface area (Å²) in [5, 5.41) is 9.13. The van der Waals surface area contributed by atoms with Crippen molar-refractivity contribution in [1.29, 1.82) is 0 Å². The zero-order valence-corrected chi connectivity index (χ0v) is 10.3. The molecule has 0 amide bonds. The Bertz CT molecular complexity index is 235. The molecule has 16 heavy (non-hydrogen) atoms. The standard InChI is InChI=1S/C11H22N2O3/c1-4-12-5-6-13(7-9(12)2)10(8-16-3)11(14)15/h9-10H,4-8H2,1-3H3,(H,14,15). The average molecular weight is 230 g/mol. The minimum Gasteiger partial charge on any atom is -0.480 e. The molecule has 0 aromatic heterocycles. The topological polar surface area (TPSA) is 53.0 Å². The van der Waals surface area contributed by atoms with Gasteiger partial charge in [-0.05, 0) is 13.5 Å². The van der Waals surface area contributed by atoms with Gasteiger partial charge in [0.1, 0.15) is 6.04 Å². The van der Waals surface area contributed by atoms with Gasteiger partial charge in [0.15, 0.2) is 0 Å². The van der Waals surface area contributed by atoms with Gasteiger partial charge in [-0.2, -0.15) is 0 Å². The summed E-state index contributed by atoms with van der Waals surface area (Å²) in [6, 6.07) is -0.0936. The molecule has 1 rings (SSSR count). The molecule has 1 heterocycles. The monoisotopic (exact) mass is 230 g/mol. The number of likely N-dealkylation sites (N-methyl/N-ethyl adjacent to an activating group) is 1. The van der Waals surface area contributed by atoms with Crippen LogP contribution in [0.4, 0.5) is 0 Å². The van der Waals surface area contributed by atoms with E-state index in [9.17, 15) is 4.79 Å². The van der Waals surface area contributed by atoms with E-state index in [1.165, 1.54) is 0 Å². The van der Waals surface area contributed by atoms with Crippen molar-refractivity contribution in [1.82, 2.24) is 9.80 Å². The molecule has 0 radical (unpaired) electrons. The number of ether oxygens (including phenoxy) is 1. The minimum atomic E-state index is -0.793. The molecule has 0 saturated carbocycles. The molecule has 1 N–H and O–H groups in total. The van der Waals surface area contributed by atoms with Crippen molar-refractivity contribution in [3.63, 3.8) is 0 Å². The molecule has 0 bridgehead atoms. The maximum Gasteiger partial charge on any atom is 0.323 e. The molecule has 0 aromatic carbocycles. The molecular formula is C11H22N2O3. The molecule has 94 valence electrons. The molecular weight excluding hydrogens is 208 g/mol. The van der Waals surface area contributed by atoms with Crippen molar-refractivity contribution >= 4 is 5.97 Å². The van der Waals surface area contributed by atoms with Crippen LogP contribution in [-0.4, -0.2) is 72.9 Å². The maximum absolute atomic E-state index is 11.1. The third-order valence-electron chi connectivity index (χ3n) is 3.25. The lowest BCUT2D eigenvalue weighted by molar-refractivity contribution is -0.146. The third-order valence-corrected chi connectivity index (χ3v) is 3.25. The Morgan fingerprint density at radius 3 is 2.69 bits per heavy atom. The van der Waals surface area contributed by atoms with Crippen LogP contribution in [0.5, 0.6) is 0 Å². The van der Waals surface area contributed by atoms with E-state index in [1.807, 2.05) is 4.90 Å². The van der Waals surface area contributed by atoms with Crippen LogP contribution < -0.4 is 0 Å². The smallest absolute Gasteiger partial charge is 0.323 e. The van der Waals surface area contributed by atoms with Crippen LogP contribution in [-0.2, 0) is 9.53 Å². The van der Waals surface area contributed by atoms with Gasteiger partial charge >= 0.3 is 5.97 Å². The number of piperazine rings is 1. The summed E-state index contributed by atoms with van der Waals surface area (Å²) in [5.74, 6) is -0.793. The summed E-state index contributed by atoms with van der Waals surface area (Å²) in [4.78, 5) is 15.5. The maximum atomic E-state index is 11.1. The van der Waals surface area contributed by atoms with Crippen molar-refractivity contribution in [2.45, 2.75) is 25.9 Å². The second kappa shape index (κ2) is 6.18. The fourth-order valence-electron chi connectivity index (χ4n) is 2.27. The van der Waals surface area contributed by atoms with Crippen LogP contribution in [0.2, 0.25) is 0 Å². The zero-order chi connectivity index (χ0) is 12.1. The summed E-state index contributed by atoms with van der Waals surface area (Å²) in [5.41, 5.74) is 0. The largest absolute Gasteiger partial charge is 0.480 e. The molecule has 2 atom stereocenters. The first-order chi connectivity index (χ1) is 7.60. The minimum absolute atomic E-state index is 0.258. The van der Waals surface area contributed by atoms with Gasteiger partial charge in [-0.25, -0.2) is 0 Å². The Morgan fingerprint density at radius 1 is 1.56 bits per heavy atom. The number of rotatable bonds is 5. The van der Waals surface area contributed by atoms with E-state index >= 15 is 0 Å². The lowest BCUT2D eigenvalue weighted by Gasteiger charge is -2.41. The molecule has 1 aliphatic heterocycles. The summed E-state index contributed by atoms with van der Waals surface area (Å²) < 4.78 is 4.97. The van der Waals surface area contributed by atoms with Gasteiger partial charge in [0.05, 0.1) is 6.61 Å². The summed E-state index contributed by atoms with van der Waals surface area (Å²) in [6.07, 6.45) is 0. The number of carboxylic acids is 1. The second-order valence-corrected chi connectivity index (χ2v) is 4.28. The SMILES string of the molecule is CCN1CCN(C(COC)C(=O)O)CC1C. The van der Waals surface area contributed by atoms with Crippen LogP contribution >= 0.6 is 0 Å². The number of carbonyl (C=O) groups is 1. The molecule has 1 aliphatic rings. The number of nitrogens with zero attached hydrogens (tertiary/aromatic N) is 2. The van der Waals surface area contributed by atoms with Gasteiger partial charge in [0.25, 0.3) is 0 Å². The molecule has 5 heteroatoms. The van der Waals surface area contributed by atoms with Crippen molar-refractivity contribution in [3.05, 3.63) is 0 Å². The number of methoxy groups -OCH3 is 1. The van der Waals surface area contributed by atoms with Crippen LogP contribution in [0, 0.1) is 0 Å². The lowest BCUT2D eigenvalue weighted by atomic mass is 10.1. The van der Waals surface area contributed by atoms with E-state index in [0.717, 1.165) is 26.2 Å². The predicted octanol–water partition coefficient (Wildman–Crippen LogP) is 0.112. The Morgan fingerprint density at radius 2 is 2.25 bits per heavy atom. The zero-order valence-electron chi connectivity index (χ0n) is 10.3. The Hall–Kier alpha value is -0.650. The van der Waals surface area contributed by atoms with E-state index < -0.39 is 12.0 Å². The molecule has 2 unspecified atom stereocenters. The fourth-order valence-corrected chi connectivity index (χ4v) is 2.27. The molecule has 1 saturated heterocycles. The van der Waals surface area contributed by atoms with Crippen LogP contribution in [0.1, 0.15) is 13.8 Å². The Labute approximate surface area is 97.0 Å². The highest BCUT2D eigenvalue weighted by Crippen LogP contribution is 2.12. The van der Waals surface area contributed by atoms with Crippen molar-refractivity contribution in [2.24, 2.45) is 0 Å².